The molecular weight excluding hydrogens is 346 g/mol. The van der Waals surface area contributed by atoms with Gasteiger partial charge < -0.3 is 15.1 Å². The Bertz CT molecular complexity index is 767. The first-order valence-corrected chi connectivity index (χ1v) is 9.42. The number of hydrogen-bond donors (Lipinski definition) is 1. The van der Waals surface area contributed by atoms with Crippen molar-refractivity contribution < 1.29 is 9.59 Å². The van der Waals surface area contributed by atoms with Gasteiger partial charge in [-0.2, -0.15) is 5.10 Å². The van der Waals surface area contributed by atoms with Gasteiger partial charge in [-0.1, -0.05) is 6.08 Å². The molecule has 2 saturated heterocycles. The summed E-state index contributed by atoms with van der Waals surface area (Å²) in [7, 11) is 1.63. The molecule has 2 fully saturated rings. The number of carbonyl (C=O) groups is 2. The topological polar surface area (TPSA) is 87.5 Å². The van der Waals surface area contributed by atoms with Crippen LogP contribution in [-0.2, 0) is 16.6 Å². The average Bonchev–Trinajstić information content (AvgIpc) is 3.03. The highest BCUT2D eigenvalue weighted by atomic mass is 16.2. The second kappa shape index (κ2) is 8.37. The monoisotopic (exact) mass is 373 g/mol. The Hall–Kier alpha value is -2.64. The smallest absolute Gasteiger partial charge is 0.268 e. The molecule has 1 aromatic rings. The van der Waals surface area contributed by atoms with E-state index in [1.807, 2.05) is 0 Å². The summed E-state index contributed by atoms with van der Waals surface area (Å²) in [5.41, 5.74) is 0.742. The molecule has 0 bridgehead atoms. The van der Waals surface area contributed by atoms with E-state index in [1.54, 1.807) is 30.3 Å². The molecule has 8 heteroatoms. The number of carbonyl (C=O) groups excluding carboxylic acids is 2. The third-order valence-corrected chi connectivity index (χ3v) is 5.43. The lowest BCUT2D eigenvalue weighted by Gasteiger charge is -2.33. The van der Waals surface area contributed by atoms with Crippen LogP contribution in [0.5, 0.6) is 0 Å². The zero-order valence-electron chi connectivity index (χ0n) is 15.8. The summed E-state index contributed by atoms with van der Waals surface area (Å²) >= 11 is 0. The molecule has 3 rings (SSSR count). The first kappa shape index (κ1) is 19.1. The van der Waals surface area contributed by atoms with Gasteiger partial charge in [0.2, 0.25) is 11.8 Å². The summed E-state index contributed by atoms with van der Waals surface area (Å²) in [5, 5.41) is 7.09. The number of anilines is 1. The summed E-state index contributed by atoms with van der Waals surface area (Å²) in [6.07, 6.45) is 5.58. The lowest BCUT2D eigenvalue weighted by atomic mass is 9.96. The highest BCUT2D eigenvalue weighted by Gasteiger charge is 2.33. The molecule has 1 aromatic heterocycles. The molecule has 8 nitrogen and oxygen atoms in total. The van der Waals surface area contributed by atoms with Gasteiger partial charge in [0.05, 0.1) is 17.8 Å². The second-order valence-electron chi connectivity index (χ2n) is 7.34. The molecule has 0 spiro atoms. The minimum Gasteiger partial charge on any atom is -0.370 e. The molecule has 0 unspecified atom stereocenters. The van der Waals surface area contributed by atoms with Crippen LogP contribution in [0.4, 0.5) is 5.69 Å². The van der Waals surface area contributed by atoms with Crippen LogP contribution in [0, 0.1) is 11.8 Å². The third-order valence-electron chi connectivity index (χ3n) is 5.43. The van der Waals surface area contributed by atoms with E-state index in [9.17, 15) is 14.4 Å². The summed E-state index contributed by atoms with van der Waals surface area (Å²) in [4.78, 5) is 39.8. The Morgan fingerprint density at radius 1 is 1.37 bits per heavy atom. The van der Waals surface area contributed by atoms with Crippen LogP contribution in [0.15, 0.2) is 29.7 Å². The van der Waals surface area contributed by atoms with Gasteiger partial charge in [0, 0.05) is 52.3 Å². The Balaban J connectivity index is 1.43. The maximum absolute atomic E-state index is 12.4. The van der Waals surface area contributed by atoms with Crippen molar-refractivity contribution in [2.24, 2.45) is 18.9 Å². The molecule has 0 radical (unpaired) electrons. The largest absolute Gasteiger partial charge is 0.370 e. The molecule has 3 heterocycles. The Morgan fingerprint density at radius 2 is 2.11 bits per heavy atom. The van der Waals surface area contributed by atoms with Gasteiger partial charge in [0.25, 0.3) is 5.56 Å². The summed E-state index contributed by atoms with van der Waals surface area (Å²) in [5.74, 6) is 0.134. The Kier molecular flexibility index (Phi) is 5.93. The van der Waals surface area contributed by atoms with E-state index in [0.717, 1.165) is 31.6 Å². The molecule has 0 aliphatic carbocycles. The van der Waals surface area contributed by atoms with Gasteiger partial charge in [0.1, 0.15) is 0 Å². The van der Waals surface area contributed by atoms with Crippen LogP contribution in [0.2, 0.25) is 0 Å². The molecular formula is C19H27N5O3. The minimum absolute atomic E-state index is 0.0194. The number of rotatable bonds is 6. The Labute approximate surface area is 158 Å². The van der Waals surface area contributed by atoms with Crippen LogP contribution < -0.4 is 15.8 Å². The number of aromatic nitrogens is 2. The van der Waals surface area contributed by atoms with Crippen molar-refractivity contribution in [3.05, 3.63) is 35.3 Å². The highest BCUT2D eigenvalue weighted by molar-refractivity contribution is 5.89. The van der Waals surface area contributed by atoms with E-state index >= 15 is 0 Å². The van der Waals surface area contributed by atoms with Crippen molar-refractivity contribution in [2.45, 2.75) is 19.3 Å². The minimum atomic E-state index is -0.260. The fourth-order valence-corrected chi connectivity index (χ4v) is 3.70. The van der Waals surface area contributed by atoms with Crippen LogP contribution in [0.3, 0.4) is 0 Å². The fourth-order valence-electron chi connectivity index (χ4n) is 3.70. The highest BCUT2D eigenvalue weighted by Crippen LogP contribution is 2.22. The van der Waals surface area contributed by atoms with Crippen molar-refractivity contribution in [3.63, 3.8) is 0 Å². The first-order chi connectivity index (χ1) is 13.0. The second-order valence-corrected chi connectivity index (χ2v) is 7.34. The molecule has 2 amide bonds. The molecule has 0 aromatic carbocycles. The van der Waals surface area contributed by atoms with E-state index in [1.165, 1.54) is 4.68 Å². The quantitative estimate of drug-likeness (QED) is 0.717. The van der Waals surface area contributed by atoms with Gasteiger partial charge in [-0.15, -0.1) is 6.58 Å². The number of hydrogen-bond acceptors (Lipinski definition) is 5. The van der Waals surface area contributed by atoms with Gasteiger partial charge in [0.15, 0.2) is 0 Å². The van der Waals surface area contributed by atoms with E-state index in [0.29, 0.717) is 25.6 Å². The lowest BCUT2D eigenvalue weighted by molar-refractivity contribution is -0.128. The predicted octanol–water partition coefficient (Wildman–Crippen LogP) is 0.147. The van der Waals surface area contributed by atoms with Crippen molar-refractivity contribution >= 4 is 17.5 Å². The van der Waals surface area contributed by atoms with Crippen molar-refractivity contribution in [1.29, 1.82) is 0 Å². The zero-order chi connectivity index (χ0) is 19.4. The lowest BCUT2D eigenvalue weighted by Crippen LogP contribution is -2.41. The van der Waals surface area contributed by atoms with E-state index < -0.39 is 0 Å². The number of nitrogens with zero attached hydrogens (tertiary/aromatic N) is 4. The molecule has 1 atom stereocenters. The van der Waals surface area contributed by atoms with Gasteiger partial charge >= 0.3 is 0 Å². The maximum atomic E-state index is 12.4. The van der Waals surface area contributed by atoms with E-state index in [4.69, 9.17) is 0 Å². The Morgan fingerprint density at radius 3 is 2.78 bits per heavy atom. The van der Waals surface area contributed by atoms with Gasteiger partial charge in [-0.25, -0.2) is 4.68 Å². The molecule has 146 valence electrons. The van der Waals surface area contributed by atoms with Crippen LogP contribution >= 0.6 is 0 Å². The van der Waals surface area contributed by atoms with Crippen LogP contribution in [0.1, 0.15) is 19.3 Å². The maximum Gasteiger partial charge on any atom is 0.268 e. The van der Waals surface area contributed by atoms with E-state index in [-0.39, 0.29) is 29.7 Å². The summed E-state index contributed by atoms with van der Waals surface area (Å²) < 4.78 is 1.32. The van der Waals surface area contributed by atoms with Crippen LogP contribution in [-0.4, -0.2) is 59.2 Å². The molecule has 1 N–H and O–H groups in total. The normalized spacial score (nSPS) is 20.8. The van der Waals surface area contributed by atoms with E-state index in [2.05, 4.69) is 21.9 Å². The molecule has 27 heavy (non-hydrogen) atoms. The number of nitrogens with one attached hydrogen (secondary N) is 1. The third kappa shape index (κ3) is 4.56. The van der Waals surface area contributed by atoms with Gasteiger partial charge in [-0.05, 0) is 18.8 Å². The zero-order valence-corrected chi connectivity index (χ0v) is 15.8. The number of amides is 2. The van der Waals surface area contributed by atoms with Gasteiger partial charge in [-0.3, -0.25) is 14.4 Å². The number of likely N-dealkylation sites (tertiary alicyclic amines) is 1. The SMILES string of the molecule is C=CCN1C[C@@H](C(=O)NCC2CCN(c3cnn(C)c(=O)c3)CC2)CC1=O. The fraction of sp³-hybridized carbons (Fsp3) is 0.579. The summed E-state index contributed by atoms with van der Waals surface area (Å²) in [6, 6.07) is 1.61. The van der Waals surface area contributed by atoms with Crippen molar-refractivity contribution in [2.75, 3.05) is 37.6 Å². The molecule has 2 aliphatic rings. The predicted molar refractivity (Wildman–Crippen MR) is 102 cm³/mol. The number of aryl methyl sites for hydroxylation is 1. The average molecular weight is 373 g/mol. The molecule has 0 saturated carbocycles. The standard InChI is InChI=1S/C19H27N5O3/c1-3-6-24-13-15(9-18(24)26)19(27)20-11-14-4-7-23(8-5-14)16-10-17(25)22(2)21-12-16/h3,10,12,14-15H,1,4-9,11,13H2,2H3,(H,20,27)/t15-/m0/s1. The first-order valence-electron chi connectivity index (χ1n) is 9.42. The van der Waals surface area contributed by atoms with Crippen LogP contribution in [0.25, 0.3) is 0 Å². The molecule has 2 aliphatic heterocycles. The number of piperidine rings is 1. The van der Waals surface area contributed by atoms with Crippen molar-refractivity contribution in [1.82, 2.24) is 20.0 Å². The summed E-state index contributed by atoms with van der Waals surface area (Å²) in [6.45, 7) is 6.93. The van der Waals surface area contributed by atoms with Crippen molar-refractivity contribution in [3.8, 4) is 0 Å².